The Morgan fingerprint density at radius 2 is 2.18 bits per heavy atom. The second-order valence-electron chi connectivity index (χ2n) is 4.59. The van der Waals surface area contributed by atoms with Gasteiger partial charge in [-0.05, 0) is 25.1 Å². The fraction of sp³-hybridized carbons (Fsp3) is 0.333. The molecule has 0 bridgehead atoms. The maximum atomic E-state index is 13.1. The summed E-state index contributed by atoms with van der Waals surface area (Å²) >= 11 is 0. The first kappa shape index (κ1) is 10.4. The first-order valence-electron chi connectivity index (χ1n) is 5.48. The molecular weight excluding hydrogens is 221 g/mol. The van der Waals surface area contributed by atoms with Gasteiger partial charge in [0.2, 0.25) is 11.8 Å². The molecule has 0 aliphatic carbocycles. The van der Waals surface area contributed by atoms with Gasteiger partial charge in [-0.15, -0.1) is 10.2 Å². The van der Waals surface area contributed by atoms with Crippen molar-refractivity contribution in [2.24, 2.45) is 0 Å². The zero-order valence-corrected chi connectivity index (χ0v) is 9.40. The van der Waals surface area contributed by atoms with Crippen LogP contribution in [-0.2, 0) is 5.41 Å². The zero-order chi connectivity index (χ0) is 11.9. The monoisotopic (exact) mass is 233 g/mol. The van der Waals surface area contributed by atoms with Crippen molar-refractivity contribution >= 4 is 0 Å². The fourth-order valence-electron chi connectivity index (χ4n) is 1.86. The summed E-state index contributed by atoms with van der Waals surface area (Å²) in [6, 6.07) is 6.15. The largest absolute Gasteiger partial charge is 0.420 e. The van der Waals surface area contributed by atoms with Crippen molar-refractivity contribution in [1.82, 2.24) is 15.5 Å². The molecular formula is C12H12FN3O. The van der Waals surface area contributed by atoms with E-state index >= 15 is 0 Å². The van der Waals surface area contributed by atoms with Gasteiger partial charge < -0.3 is 9.73 Å². The van der Waals surface area contributed by atoms with Crippen molar-refractivity contribution in [3.05, 3.63) is 36.0 Å². The standard InChI is InChI=1S/C12H12FN3O/c1-12(6-14-7-12)11-16-15-10(17-11)8-3-2-4-9(13)5-8/h2-5,14H,6-7H2,1H3. The number of rotatable bonds is 2. The minimum Gasteiger partial charge on any atom is -0.420 e. The SMILES string of the molecule is CC1(c2nnc(-c3cccc(F)c3)o2)CNC1. The first-order valence-corrected chi connectivity index (χ1v) is 5.48. The van der Waals surface area contributed by atoms with Crippen molar-refractivity contribution in [2.75, 3.05) is 13.1 Å². The average molecular weight is 233 g/mol. The Morgan fingerprint density at radius 1 is 1.35 bits per heavy atom. The smallest absolute Gasteiger partial charge is 0.247 e. The quantitative estimate of drug-likeness (QED) is 0.858. The number of aromatic nitrogens is 2. The molecule has 88 valence electrons. The highest BCUT2D eigenvalue weighted by molar-refractivity contribution is 5.52. The van der Waals surface area contributed by atoms with E-state index in [4.69, 9.17) is 4.42 Å². The van der Waals surface area contributed by atoms with Crippen molar-refractivity contribution < 1.29 is 8.81 Å². The van der Waals surface area contributed by atoms with Crippen LogP contribution in [0.1, 0.15) is 12.8 Å². The molecule has 5 heteroatoms. The molecule has 1 fully saturated rings. The molecule has 4 nitrogen and oxygen atoms in total. The average Bonchev–Trinajstić information content (AvgIpc) is 2.75. The predicted molar refractivity (Wildman–Crippen MR) is 59.9 cm³/mol. The van der Waals surface area contributed by atoms with Crippen molar-refractivity contribution in [3.8, 4) is 11.5 Å². The molecule has 1 aliphatic rings. The van der Waals surface area contributed by atoms with E-state index in [9.17, 15) is 4.39 Å². The summed E-state index contributed by atoms with van der Waals surface area (Å²) in [4.78, 5) is 0. The molecule has 1 aromatic heterocycles. The van der Waals surface area contributed by atoms with E-state index in [1.807, 2.05) is 0 Å². The molecule has 1 saturated heterocycles. The van der Waals surface area contributed by atoms with Gasteiger partial charge in [-0.25, -0.2) is 4.39 Å². The van der Waals surface area contributed by atoms with Crippen molar-refractivity contribution in [3.63, 3.8) is 0 Å². The number of hydrogen-bond donors (Lipinski definition) is 1. The summed E-state index contributed by atoms with van der Waals surface area (Å²) in [5.74, 6) is 0.668. The Morgan fingerprint density at radius 3 is 2.82 bits per heavy atom. The molecule has 2 heterocycles. The van der Waals surface area contributed by atoms with Crippen LogP contribution in [0.4, 0.5) is 4.39 Å². The summed E-state index contributed by atoms with van der Waals surface area (Å²) in [6.45, 7) is 3.72. The van der Waals surface area contributed by atoms with Crippen LogP contribution in [0.3, 0.4) is 0 Å². The van der Waals surface area contributed by atoms with Gasteiger partial charge in [0.15, 0.2) is 0 Å². The van der Waals surface area contributed by atoms with E-state index in [0.29, 0.717) is 17.3 Å². The maximum absolute atomic E-state index is 13.1. The van der Waals surface area contributed by atoms with Gasteiger partial charge in [-0.3, -0.25) is 0 Å². The van der Waals surface area contributed by atoms with E-state index < -0.39 is 0 Å². The number of nitrogens with one attached hydrogen (secondary N) is 1. The van der Waals surface area contributed by atoms with E-state index in [2.05, 4.69) is 22.4 Å². The van der Waals surface area contributed by atoms with Crippen LogP contribution in [0, 0.1) is 5.82 Å². The van der Waals surface area contributed by atoms with Gasteiger partial charge in [-0.1, -0.05) is 6.07 Å². The van der Waals surface area contributed by atoms with E-state index in [0.717, 1.165) is 13.1 Å². The molecule has 17 heavy (non-hydrogen) atoms. The van der Waals surface area contributed by atoms with E-state index in [1.54, 1.807) is 12.1 Å². The Hall–Kier alpha value is -1.75. The van der Waals surface area contributed by atoms with Crippen LogP contribution in [0.25, 0.3) is 11.5 Å². The molecule has 1 N–H and O–H groups in total. The number of nitrogens with zero attached hydrogens (tertiary/aromatic N) is 2. The van der Waals surface area contributed by atoms with E-state index in [1.165, 1.54) is 12.1 Å². The first-order chi connectivity index (χ1) is 8.17. The van der Waals surface area contributed by atoms with E-state index in [-0.39, 0.29) is 11.2 Å². The molecule has 1 aliphatic heterocycles. The minimum atomic E-state index is -0.307. The molecule has 1 aromatic carbocycles. The summed E-state index contributed by atoms with van der Waals surface area (Å²) in [6.07, 6.45) is 0. The predicted octanol–water partition coefficient (Wildman–Crippen LogP) is 1.74. The van der Waals surface area contributed by atoms with Gasteiger partial charge in [0.1, 0.15) is 5.82 Å². The third-order valence-corrected chi connectivity index (χ3v) is 3.04. The van der Waals surface area contributed by atoms with Gasteiger partial charge in [0.05, 0.1) is 5.41 Å². The third-order valence-electron chi connectivity index (χ3n) is 3.04. The van der Waals surface area contributed by atoms with Crippen molar-refractivity contribution in [2.45, 2.75) is 12.3 Å². The minimum absolute atomic E-state index is 0.0847. The molecule has 0 spiro atoms. The van der Waals surface area contributed by atoms with Gasteiger partial charge in [0.25, 0.3) is 0 Å². The molecule has 0 atom stereocenters. The van der Waals surface area contributed by atoms with Crippen molar-refractivity contribution in [1.29, 1.82) is 0 Å². The highest BCUT2D eigenvalue weighted by Crippen LogP contribution is 2.29. The molecule has 0 radical (unpaired) electrons. The van der Waals surface area contributed by atoms with Crippen LogP contribution >= 0.6 is 0 Å². The lowest BCUT2D eigenvalue weighted by Gasteiger charge is -2.35. The topological polar surface area (TPSA) is 51.0 Å². The van der Waals surface area contributed by atoms with Gasteiger partial charge in [-0.2, -0.15) is 0 Å². The van der Waals surface area contributed by atoms with Crippen LogP contribution in [0.5, 0.6) is 0 Å². The lowest BCUT2D eigenvalue weighted by Crippen LogP contribution is -2.54. The zero-order valence-electron chi connectivity index (χ0n) is 9.40. The van der Waals surface area contributed by atoms with Gasteiger partial charge >= 0.3 is 0 Å². The van der Waals surface area contributed by atoms with Gasteiger partial charge in [0, 0.05) is 18.7 Å². The third kappa shape index (κ3) is 1.72. The number of benzene rings is 1. The Kier molecular flexibility index (Phi) is 2.22. The molecule has 0 unspecified atom stereocenters. The van der Waals surface area contributed by atoms with Crippen LogP contribution in [0.15, 0.2) is 28.7 Å². The van der Waals surface area contributed by atoms with Crippen LogP contribution in [-0.4, -0.2) is 23.3 Å². The lowest BCUT2D eigenvalue weighted by molar-refractivity contribution is 0.244. The lowest BCUT2D eigenvalue weighted by atomic mass is 9.84. The summed E-state index contributed by atoms with van der Waals surface area (Å²) in [5.41, 5.74) is 0.526. The maximum Gasteiger partial charge on any atom is 0.247 e. The normalized spacial score (nSPS) is 17.8. The second-order valence-corrected chi connectivity index (χ2v) is 4.59. The van der Waals surface area contributed by atoms with Crippen LogP contribution < -0.4 is 5.32 Å². The Bertz CT molecular complexity index is 548. The number of hydrogen-bond acceptors (Lipinski definition) is 4. The highest BCUT2D eigenvalue weighted by atomic mass is 19.1. The molecule has 3 rings (SSSR count). The highest BCUT2D eigenvalue weighted by Gasteiger charge is 2.38. The molecule has 0 amide bonds. The number of halogens is 1. The Labute approximate surface area is 97.9 Å². The summed E-state index contributed by atoms with van der Waals surface area (Å²) < 4.78 is 18.7. The second kappa shape index (κ2) is 3.63. The fourth-order valence-corrected chi connectivity index (χ4v) is 1.86. The Balaban J connectivity index is 1.95. The van der Waals surface area contributed by atoms with Crippen LogP contribution in [0.2, 0.25) is 0 Å². The molecule has 0 saturated carbocycles. The summed E-state index contributed by atoms with van der Waals surface area (Å²) in [5, 5.41) is 11.2. The molecule has 2 aromatic rings. The summed E-state index contributed by atoms with van der Waals surface area (Å²) in [7, 11) is 0.